The van der Waals surface area contributed by atoms with Gasteiger partial charge in [-0.1, -0.05) is 40.2 Å². The van der Waals surface area contributed by atoms with Crippen molar-refractivity contribution in [2.45, 2.75) is 12.8 Å². The molecular weight excluding hydrogens is 320 g/mol. The van der Waals surface area contributed by atoms with Crippen LogP contribution in [0.1, 0.15) is 23.2 Å². The van der Waals surface area contributed by atoms with Gasteiger partial charge in [-0.05, 0) is 35.7 Å². The van der Waals surface area contributed by atoms with Crippen LogP contribution in [0.25, 0.3) is 10.8 Å². The SMILES string of the molecule is COC(=O)c1cc2ccccc2cc1OCCCCBr. The van der Waals surface area contributed by atoms with Crippen LogP contribution < -0.4 is 4.74 Å². The third kappa shape index (κ3) is 3.51. The van der Waals surface area contributed by atoms with Crippen molar-refractivity contribution in [1.29, 1.82) is 0 Å². The van der Waals surface area contributed by atoms with Crippen molar-refractivity contribution in [2.75, 3.05) is 19.0 Å². The number of unbranched alkanes of at least 4 members (excludes halogenated alkanes) is 1. The summed E-state index contributed by atoms with van der Waals surface area (Å²) < 4.78 is 10.6. The van der Waals surface area contributed by atoms with Crippen molar-refractivity contribution in [2.24, 2.45) is 0 Å². The Labute approximate surface area is 127 Å². The Morgan fingerprint density at radius 1 is 1.15 bits per heavy atom. The van der Waals surface area contributed by atoms with Gasteiger partial charge in [0, 0.05) is 5.33 Å². The molecule has 0 saturated carbocycles. The predicted molar refractivity (Wildman–Crippen MR) is 83.8 cm³/mol. The molecule has 0 aliphatic rings. The number of hydrogen-bond acceptors (Lipinski definition) is 3. The number of halogens is 1. The molecule has 2 aromatic carbocycles. The lowest BCUT2D eigenvalue weighted by molar-refractivity contribution is 0.0596. The van der Waals surface area contributed by atoms with Gasteiger partial charge >= 0.3 is 5.97 Å². The van der Waals surface area contributed by atoms with Crippen LogP contribution in [0.5, 0.6) is 5.75 Å². The molecule has 0 aromatic heterocycles. The number of alkyl halides is 1. The van der Waals surface area contributed by atoms with Crippen LogP contribution in [-0.2, 0) is 4.74 Å². The highest BCUT2D eigenvalue weighted by atomic mass is 79.9. The number of benzene rings is 2. The third-order valence-electron chi connectivity index (χ3n) is 3.04. The highest BCUT2D eigenvalue weighted by molar-refractivity contribution is 9.09. The molecule has 0 spiro atoms. The largest absolute Gasteiger partial charge is 0.493 e. The Balaban J connectivity index is 2.30. The minimum atomic E-state index is -0.369. The van der Waals surface area contributed by atoms with E-state index < -0.39 is 0 Å². The predicted octanol–water partition coefficient (Wildman–Crippen LogP) is 4.18. The van der Waals surface area contributed by atoms with Crippen molar-refractivity contribution < 1.29 is 14.3 Å². The molecular formula is C16H17BrO3. The van der Waals surface area contributed by atoms with Gasteiger partial charge in [0.1, 0.15) is 11.3 Å². The summed E-state index contributed by atoms with van der Waals surface area (Å²) in [5.74, 6) is 0.219. The molecule has 0 aliphatic heterocycles. The molecule has 0 saturated heterocycles. The van der Waals surface area contributed by atoms with E-state index in [0.29, 0.717) is 17.9 Å². The molecule has 0 heterocycles. The highest BCUT2D eigenvalue weighted by Crippen LogP contribution is 2.27. The lowest BCUT2D eigenvalue weighted by atomic mass is 10.1. The molecule has 20 heavy (non-hydrogen) atoms. The zero-order valence-corrected chi connectivity index (χ0v) is 13.0. The first-order valence-corrected chi connectivity index (χ1v) is 7.68. The minimum absolute atomic E-state index is 0.369. The summed E-state index contributed by atoms with van der Waals surface area (Å²) >= 11 is 3.39. The van der Waals surface area contributed by atoms with Crippen LogP contribution in [0.3, 0.4) is 0 Å². The van der Waals surface area contributed by atoms with Gasteiger partial charge in [-0.3, -0.25) is 0 Å². The van der Waals surface area contributed by atoms with Gasteiger partial charge in [0.2, 0.25) is 0 Å². The van der Waals surface area contributed by atoms with Crippen LogP contribution in [-0.4, -0.2) is 25.0 Å². The summed E-state index contributed by atoms with van der Waals surface area (Å²) in [6.07, 6.45) is 1.99. The number of carbonyl (C=O) groups is 1. The van der Waals surface area contributed by atoms with E-state index >= 15 is 0 Å². The van der Waals surface area contributed by atoms with Gasteiger partial charge in [0.25, 0.3) is 0 Å². The van der Waals surface area contributed by atoms with Gasteiger partial charge in [-0.2, -0.15) is 0 Å². The molecule has 0 bridgehead atoms. The molecule has 0 N–H and O–H groups in total. The molecule has 0 atom stereocenters. The van der Waals surface area contributed by atoms with Crippen LogP contribution in [0.2, 0.25) is 0 Å². The van der Waals surface area contributed by atoms with Crippen LogP contribution in [0.4, 0.5) is 0 Å². The van der Waals surface area contributed by atoms with E-state index in [9.17, 15) is 4.79 Å². The maximum absolute atomic E-state index is 11.9. The van der Waals surface area contributed by atoms with Gasteiger partial charge in [0.05, 0.1) is 13.7 Å². The second-order valence-electron chi connectivity index (χ2n) is 4.43. The second-order valence-corrected chi connectivity index (χ2v) is 5.22. The molecule has 3 nitrogen and oxygen atoms in total. The van der Waals surface area contributed by atoms with E-state index in [1.165, 1.54) is 7.11 Å². The molecule has 106 valence electrons. The average molecular weight is 337 g/mol. The van der Waals surface area contributed by atoms with Crippen LogP contribution in [0.15, 0.2) is 36.4 Å². The Hall–Kier alpha value is -1.55. The lowest BCUT2D eigenvalue weighted by Crippen LogP contribution is -2.07. The Morgan fingerprint density at radius 3 is 2.50 bits per heavy atom. The van der Waals surface area contributed by atoms with Crippen molar-refractivity contribution in [1.82, 2.24) is 0 Å². The number of hydrogen-bond donors (Lipinski definition) is 0. The molecule has 2 rings (SSSR count). The Bertz CT molecular complexity index is 595. The Kier molecular flexibility index (Phi) is 5.41. The monoisotopic (exact) mass is 336 g/mol. The van der Waals surface area contributed by atoms with E-state index in [4.69, 9.17) is 9.47 Å². The van der Waals surface area contributed by atoms with Crippen LogP contribution >= 0.6 is 15.9 Å². The van der Waals surface area contributed by atoms with Crippen molar-refractivity contribution >= 4 is 32.7 Å². The zero-order chi connectivity index (χ0) is 14.4. The van der Waals surface area contributed by atoms with Gasteiger partial charge in [0.15, 0.2) is 0 Å². The number of ether oxygens (including phenoxy) is 2. The zero-order valence-electron chi connectivity index (χ0n) is 11.4. The summed E-state index contributed by atoms with van der Waals surface area (Å²) in [5.41, 5.74) is 0.477. The van der Waals surface area contributed by atoms with Gasteiger partial charge in [-0.15, -0.1) is 0 Å². The summed E-state index contributed by atoms with van der Waals surface area (Å²) in [6, 6.07) is 11.6. The first-order chi connectivity index (χ1) is 9.76. The van der Waals surface area contributed by atoms with Crippen molar-refractivity contribution in [3.05, 3.63) is 42.0 Å². The molecule has 0 radical (unpaired) electrons. The van der Waals surface area contributed by atoms with Crippen molar-refractivity contribution in [3.63, 3.8) is 0 Å². The number of esters is 1. The van der Waals surface area contributed by atoms with E-state index in [1.807, 2.05) is 36.4 Å². The van der Waals surface area contributed by atoms with E-state index in [-0.39, 0.29) is 5.97 Å². The minimum Gasteiger partial charge on any atom is -0.493 e. The number of carbonyl (C=O) groups excluding carboxylic acids is 1. The normalized spacial score (nSPS) is 10.5. The standard InChI is InChI=1S/C16H17BrO3/c1-19-16(18)14-10-12-6-2-3-7-13(12)11-15(14)20-9-5-4-8-17/h2-3,6-7,10-11H,4-5,8-9H2,1H3. The summed E-state index contributed by atoms with van der Waals surface area (Å²) in [6.45, 7) is 0.591. The molecule has 0 aliphatic carbocycles. The summed E-state index contributed by atoms with van der Waals surface area (Å²) in [4.78, 5) is 11.9. The van der Waals surface area contributed by atoms with E-state index in [0.717, 1.165) is 28.9 Å². The molecule has 0 unspecified atom stereocenters. The van der Waals surface area contributed by atoms with Crippen molar-refractivity contribution in [3.8, 4) is 5.75 Å². The second kappa shape index (κ2) is 7.29. The lowest BCUT2D eigenvalue weighted by Gasteiger charge is -2.11. The molecule has 2 aromatic rings. The van der Waals surface area contributed by atoms with Gasteiger partial charge in [-0.25, -0.2) is 4.79 Å². The highest BCUT2D eigenvalue weighted by Gasteiger charge is 2.14. The topological polar surface area (TPSA) is 35.5 Å². The molecule has 0 fully saturated rings. The van der Waals surface area contributed by atoms with E-state index in [2.05, 4.69) is 15.9 Å². The number of rotatable bonds is 6. The first kappa shape index (κ1) is 14.9. The fraction of sp³-hybridized carbons (Fsp3) is 0.312. The maximum atomic E-state index is 11.9. The van der Waals surface area contributed by atoms with E-state index in [1.54, 1.807) is 0 Å². The fourth-order valence-electron chi connectivity index (χ4n) is 1.99. The fourth-order valence-corrected chi connectivity index (χ4v) is 2.38. The molecule has 0 amide bonds. The third-order valence-corrected chi connectivity index (χ3v) is 3.60. The van der Waals surface area contributed by atoms with Gasteiger partial charge < -0.3 is 9.47 Å². The quantitative estimate of drug-likeness (QED) is 0.451. The number of fused-ring (bicyclic) bond motifs is 1. The maximum Gasteiger partial charge on any atom is 0.341 e. The number of methoxy groups -OCH3 is 1. The first-order valence-electron chi connectivity index (χ1n) is 6.56. The molecule has 4 heteroatoms. The Morgan fingerprint density at radius 2 is 1.85 bits per heavy atom. The smallest absolute Gasteiger partial charge is 0.341 e. The summed E-state index contributed by atoms with van der Waals surface area (Å²) in [5, 5.41) is 3.01. The van der Waals surface area contributed by atoms with Crippen LogP contribution in [0, 0.1) is 0 Å². The average Bonchev–Trinajstić information content (AvgIpc) is 2.50. The summed E-state index contributed by atoms with van der Waals surface area (Å²) in [7, 11) is 1.38.